The molecule has 1 aromatic heterocycles. The van der Waals surface area contributed by atoms with E-state index in [-0.39, 0.29) is 18.0 Å². The van der Waals surface area contributed by atoms with Crippen molar-refractivity contribution in [2.24, 2.45) is 5.14 Å². The lowest BCUT2D eigenvalue weighted by Crippen LogP contribution is -2.38. The summed E-state index contributed by atoms with van der Waals surface area (Å²) in [5.41, 5.74) is 0.238. The number of rotatable bonds is 5. The maximum absolute atomic E-state index is 11.8. The summed E-state index contributed by atoms with van der Waals surface area (Å²) >= 11 is 0. The molecule has 0 aliphatic carbocycles. The van der Waals surface area contributed by atoms with Crippen LogP contribution in [-0.2, 0) is 10.0 Å². The Labute approximate surface area is 105 Å². The number of nitrogens with one attached hydrogen (secondary N) is 1. The first-order chi connectivity index (χ1) is 8.36. The highest BCUT2D eigenvalue weighted by Gasteiger charge is 2.18. The van der Waals surface area contributed by atoms with E-state index < -0.39 is 21.2 Å². The number of carbonyl (C=O) groups excluding carboxylic acids is 1. The van der Waals surface area contributed by atoms with Crippen molar-refractivity contribution in [2.75, 3.05) is 13.7 Å². The van der Waals surface area contributed by atoms with Gasteiger partial charge in [0.2, 0.25) is 15.9 Å². The van der Waals surface area contributed by atoms with E-state index in [4.69, 9.17) is 9.88 Å². The summed E-state index contributed by atoms with van der Waals surface area (Å²) in [4.78, 5) is 15.7. The molecule has 18 heavy (non-hydrogen) atoms. The van der Waals surface area contributed by atoms with Crippen LogP contribution in [0, 0.1) is 0 Å². The zero-order chi connectivity index (χ0) is 13.8. The minimum Gasteiger partial charge on any atom is -0.480 e. The molecule has 1 heterocycles. The number of pyridine rings is 1. The number of amides is 1. The molecule has 0 saturated carbocycles. The summed E-state index contributed by atoms with van der Waals surface area (Å²) in [5, 5.41) is 6.55. The van der Waals surface area contributed by atoms with E-state index >= 15 is 0 Å². The first kappa shape index (κ1) is 14.4. The summed E-state index contributed by atoms with van der Waals surface area (Å²) in [5.74, 6) is -0.284. The lowest BCUT2D eigenvalue weighted by Gasteiger charge is -2.11. The molecule has 1 amide bonds. The average Bonchev–Trinajstić information content (AvgIpc) is 2.34. The maximum atomic E-state index is 11.8. The molecule has 0 bridgehead atoms. The van der Waals surface area contributed by atoms with Gasteiger partial charge in [-0.3, -0.25) is 4.79 Å². The molecule has 1 atom stereocenters. The Bertz CT molecular complexity index is 530. The summed E-state index contributed by atoms with van der Waals surface area (Å²) < 4.78 is 26.9. The van der Waals surface area contributed by atoms with Crippen molar-refractivity contribution in [3.8, 4) is 5.88 Å². The SMILES string of the molecule is COc1ncccc1C(=O)NC[C@H](C)S(N)(=O)=O. The Morgan fingerprint density at radius 1 is 1.61 bits per heavy atom. The van der Waals surface area contributed by atoms with Crippen molar-refractivity contribution in [1.82, 2.24) is 10.3 Å². The highest BCUT2D eigenvalue weighted by atomic mass is 32.2. The van der Waals surface area contributed by atoms with Gasteiger partial charge in [0.15, 0.2) is 0 Å². The molecule has 0 aliphatic heterocycles. The van der Waals surface area contributed by atoms with Crippen LogP contribution >= 0.6 is 0 Å². The Balaban J connectivity index is 2.72. The standard InChI is InChI=1S/C10H15N3O4S/c1-7(18(11,15)16)6-13-9(14)8-4-3-5-12-10(8)17-2/h3-5,7H,6H2,1-2H3,(H,13,14)(H2,11,15,16)/t7-/m0/s1. The van der Waals surface area contributed by atoms with Gasteiger partial charge in [0.1, 0.15) is 5.56 Å². The van der Waals surface area contributed by atoms with Gasteiger partial charge in [-0.25, -0.2) is 18.5 Å². The molecular formula is C10H15N3O4S. The number of nitrogens with zero attached hydrogens (tertiary/aromatic N) is 1. The van der Waals surface area contributed by atoms with Gasteiger partial charge in [0.05, 0.1) is 12.4 Å². The summed E-state index contributed by atoms with van der Waals surface area (Å²) in [6, 6.07) is 3.11. The third-order valence-corrected chi connectivity index (χ3v) is 3.61. The molecule has 0 fully saturated rings. The topological polar surface area (TPSA) is 111 Å². The third kappa shape index (κ3) is 3.67. The van der Waals surface area contributed by atoms with Crippen molar-refractivity contribution in [2.45, 2.75) is 12.2 Å². The molecule has 3 N–H and O–H groups in total. The molecule has 0 aromatic carbocycles. The molecule has 0 saturated heterocycles. The monoisotopic (exact) mass is 273 g/mol. The van der Waals surface area contributed by atoms with E-state index in [1.807, 2.05) is 0 Å². The molecule has 1 rings (SSSR count). The molecule has 7 nitrogen and oxygen atoms in total. The summed E-state index contributed by atoms with van der Waals surface area (Å²) in [6.45, 7) is 1.34. The first-order valence-electron chi connectivity index (χ1n) is 5.15. The molecule has 0 spiro atoms. The number of carbonyl (C=O) groups is 1. The van der Waals surface area contributed by atoms with Gasteiger partial charge in [-0.05, 0) is 19.1 Å². The molecule has 100 valence electrons. The minimum atomic E-state index is -3.66. The van der Waals surface area contributed by atoms with Gasteiger partial charge in [-0.15, -0.1) is 0 Å². The van der Waals surface area contributed by atoms with Crippen LogP contribution in [0.2, 0.25) is 0 Å². The van der Waals surface area contributed by atoms with Crippen LogP contribution in [0.3, 0.4) is 0 Å². The lowest BCUT2D eigenvalue weighted by atomic mass is 10.2. The fraction of sp³-hybridized carbons (Fsp3) is 0.400. The third-order valence-electron chi connectivity index (χ3n) is 2.32. The number of nitrogens with two attached hydrogens (primary N) is 1. The Morgan fingerprint density at radius 3 is 2.83 bits per heavy atom. The van der Waals surface area contributed by atoms with Gasteiger partial charge in [-0.2, -0.15) is 0 Å². The first-order valence-corrected chi connectivity index (χ1v) is 6.76. The minimum absolute atomic E-state index is 0.0737. The number of ether oxygens (including phenoxy) is 1. The highest BCUT2D eigenvalue weighted by Crippen LogP contribution is 2.12. The molecule has 1 aromatic rings. The Morgan fingerprint density at radius 2 is 2.28 bits per heavy atom. The summed E-state index contributed by atoms with van der Waals surface area (Å²) in [7, 11) is -2.26. The van der Waals surface area contributed by atoms with E-state index in [0.717, 1.165) is 0 Å². The Hall–Kier alpha value is -1.67. The number of sulfonamides is 1. The van der Waals surface area contributed by atoms with Crippen molar-refractivity contribution in [3.63, 3.8) is 0 Å². The molecular weight excluding hydrogens is 258 g/mol. The number of primary sulfonamides is 1. The van der Waals surface area contributed by atoms with E-state index in [1.165, 1.54) is 26.3 Å². The normalized spacial score (nSPS) is 12.8. The van der Waals surface area contributed by atoms with Crippen LogP contribution in [0.4, 0.5) is 0 Å². The van der Waals surface area contributed by atoms with Gasteiger partial charge in [-0.1, -0.05) is 0 Å². The van der Waals surface area contributed by atoms with E-state index in [0.29, 0.717) is 0 Å². The van der Waals surface area contributed by atoms with Crippen molar-refractivity contribution in [1.29, 1.82) is 0 Å². The van der Waals surface area contributed by atoms with E-state index in [2.05, 4.69) is 10.3 Å². The van der Waals surface area contributed by atoms with Crippen LogP contribution in [0.5, 0.6) is 5.88 Å². The number of hydrogen-bond donors (Lipinski definition) is 2. The number of hydrogen-bond acceptors (Lipinski definition) is 5. The van der Waals surface area contributed by atoms with Crippen LogP contribution in [-0.4, -0.2) is 38.2 Å². The van der Waals surface area contributed by atoms with Crippen molar-refractivity contribution in [3.05, 3.63) is 23.9 Å². The van der Waals surface area contributed by atoms with Crippen molar-refractivity contribution >= 4 is 15.9 Å². The maximum Gasteiger partial charge on any atom is 0.256 e. The molecule has 0 unspecified atom stereocenters. The van der Waals surface area contributed by atoms with Gasteiger partial charge in [0, 0.05) is 12.7 Å². The van der Waals surface area contributed by atoms with E-state index in [9.17, 15) is 13.2 Å². The van der Waals surface area contributed by atoms with Crippen LogP contribution < -0.4 is 15.2 Å². The van der Waals surface area contributed by atoms with Crippen LogP contribution in [0.15, 0.2) is 18.3 Å². The predicted molar refractivity (Wildman–Crippen MR) is 65.7 cm³/mol. The second kappa shape index (κ2) is 5.78. The van der Waals surface area contributed by atoms with Crippen LogP contribution in [0.1, 0.15) is 17.3 Å². The molecule has 0 radical (unpaired) electrons. The van der Waals surface area contributed by atoms with Gasteiger partial charge >= 0.3 is 0 Å². The fourth-order valence-electron chi connectivity index (χ4n) is 1.17. The zero-order valence-corrected chi connectivity index (χ0v) is 10.9. The number of methoxy groups -OCH3 is 1. The highest BCUT2D eigenvalue weighted by molar-refractivity contribution is 7.89. The molecule has 0 aliphatic rings. The smallest absolute Gasteiger partial charge is 0.256 e. The second-order valence-electron chi connectivity index (χ2n) is 3.67. The van der Waals surface area contributed by atoms with E-state index in [1.54, 1.807) is 6.07 Å². The van der Waals surface area contributed by atoms with Gasteiger partial charge < -0.3 is 10.1 Å². The quantitative estimate of drug-likeness (QED) is 0.751. The Kier molecular flexibility index (Phi) is 4.62. The predicted octanol–water partition coefficient (Wildman–Crippen LogP) is -0.503. The largest absolute Gasteiger partial charge is 0.480 e. The summed E-state index contributed by atoms with van der Waals surface area (Å²) in [6.07, 6.45) is 1.49. The molecule has 8 heteroatoms. The van der Waals surface area contributed by atoms with Crippen molar-refractivity contribution < 1.29 is 17.9 Å². The van der Waals surface area contributed by atoms with Gasteiger partial charge in [0.25, 0.3) is 5.91 Å². The fourth-order valence-corrected chi connectivity index (χ4v) is 1.49. The number of aromatic nitrogens is 1. The zero-order valence-electron chi connectivity index (χ0n) is 10.1. The average molecular weight is 273 g/mol. The van der Waals surface area contributed by atoms with Crippen LogP contribution in [0.25, 0.3) is 0 Å². The second-order valence-corrected chi connectivity index (χ2v) is 5.65. The lowest BCUT2D eigenvalue weighted by molar-refractivity contribution is 0.0950.